The summed E-state index contributed by atoms with van der Waals surface area (Å²) >= 11 is 0. The monoisotopic (exact) mass is 209 g/mol. The molecule has 1 unspecified atom stereocenters. The zero-order chi connectivity index (χ0) is 12.2. The summed E-state index contributed by atoms with van der Waals surface area (Å²) in [6, 6.07) is 0. The summed E-state index contributed by atoms with van der Waals surface area (Å²) in [5, 5.41) is 45.0. The third-order valence-corrected chi connectivity index (χ3v) is 1.83. The minimum absolute atomic E-state index is 0.810. The van der Waals surface area contributed by atoms with Crippen LogP contribution in [0.5, 0.6) is 0 Å². The van der Waals surface area contributed by atoms with Crippen molar-refractivity contribution in [2.75, 3.05) is 6.61 Å². The Hall–Kier alpha value is -0.530. The van der Waals surface area contributed by atoms with Crippen molar-refractivity contribution in [3.63, 3.8) is 0 Å². The summed E-state index contributed by atoms with van der Waals surface area (Å²) in [5.74, 6) is -0.966. The van der Waals surface area contributed by atoms with Gasteiger partial charge in [-0.05, 0) is 0 Å². The SMILES string of the molecule is [2H]C(C)C(=O)[C@H](O)[C@@H](O)[C@@H](O)[C@H](O)CO. The molecule has 6 nitrogen and oxygen atoms in total. The molecule has 0 rings (SSSR count). The molecule has 0 saturated carbocycles. The van der Waals surface area contributed by atoms with E-state index in [9.17, 15) is 15.0 Å². The van der Waals surface area contributed by atoms with Crippen LogP contribution in [0.3, 0.4) is 0 Å². The van der Waals surface area contributed by atoms with E-state index in [1.165, 1.54) is 6.92 Å². The third kappa shape index (κ3) is 3.32. The Balaban J connectivity index is 4.43. The number of aliphatic hydroxyl groups excluding tert-OH is 5. The van der Waals surface area contributed by atoms with Crippen molar-refractivity contribution in [1.29, 1.82) is 0 Å². The number of carbonyl (C=O) groups is 1. The van der Waals surface area contributed by atoms with Gasteiger partial charge in [-0.2, -0.15) is 0 Å². The first-order valence-corrected chi connectivity index (χ1v) is 4.12. The highest BCUT2D eigenvalue weighted by Crippen LogP contribution is 2.07. The maximum Gasteiger partial charge on any atom is 0.163 e. The summed E-state index contributed by atoms with van der Waals surface area (Å²) in [5.41, 5.74) is 0. The topological polar surface area (TPSA) is 118 Å². The minimum atomic E-state index is -1.95. The van der Waals surface area contributed by atoms with Crippen LogP contribution in [-0.4, -0.2) is 62.3 Å². The lowest BCUT2D eigenvalue weighted by Gasteiger charge is -2.24. The van der Waals surface area contributed by atoms with Crippen molar-refractivity contribution in [3.8, 4) is 0 Å². The summed E-state index contributed by atoms with van der Waals surface area (Å²) in [6.07, 6.45) is -8.61. The largest absolute Gasteiger partial charge is 0.394 e. The van der Waals surface area contributed by atoms with Crippen LogP contribution in [0.1, 0.15) is 14.7 Å². The zero-order valence-electron chi connectivity index (χ0n) is 8.74. The van der Waals surface area contributed by atoms with Crippen LogP contribution < -0.4 is 0 Å². The Morgan fingerprint density at radius 2 is 1.79 bits per heavy atom. The lowest BCUT2D eigenvalue weighted by atomic mass is 9.99. The molecule has 5 atom stereocenters. The Labute approximate surface area is 82.8 Å². The molecule has 14 heavy (non-hydrogen) atoms. The molecule has 0 heterocycles. The van der Waals surface area contributed by atoms with Gasteiger partial charge in [0, 0.05) is 7.77 Å². The Kier molecular flexibility index (Phi) is 4.99. The fourth-order valence-corrected chi connectivity index (χ4v) is 0.861. The van der Waals surface area contributed by atoms with Gasteiger partial charge in [0.1, 0.15) is 24.4 Å². The highest BCUT2D eigenvalue weighted by atomic mass is 16.4. The molecule has 0 aromatic heterocycles. The van der Waals surface area contributed by atoms with Crippen molar-refractivity contribution in [2.45, 2.75) is 37.7 Å². The van der Waals surface area contributed by atoms with Crippen molar-refractivity contribution in [1.82, 2.24) is 0 Å². The fraction of sp³-hybridized carbons (Fsp3) is 0.875. The van der Waals surface area contributed by atoms with Gasteiger partial charge in [-0.15, -0.1) is 0 Å². The molecule has 0 bridgehead atoms. The van der Waals surface area contributed by atoms with Gasteiger partial charge in [-0.3, -0.25) is 4.79 Å². The first kappa shape index (κ1) is 11.5. The van der Waals surface area contributed by atoms with Crippen molar-refractivity contribution < 1.29 is 31.7 Å². The molecule has 0 aromatic rings. The number of rotatable bonds is 6. The van der Waals surface area contributed by atoms with Gasteiger partial charge in [-0.1, -0.05) is 6.92 Å². The number of Topliss-reactive ketones (excluding diaryl/α,β-unsaturated/α-hetero) is 1. The minimum Gasteiger partial charge on any atom is -0.394 e. The number of hydrogen-bond acceptors (Lipinski definition) is 6. The molecule has 5 N–H and O–H groups in total. The molecule has 0 aliphatic heterocycles. The maximum absolute atomic E-state index is 11.0. The van der Waals surface area contributed by atoms with E-state index in [0.717, 1.165) is 0 Å². The number of ketones is 1. The molecule has 0 radical (unpaired) electrons. The van der Waals surface area contributed by atoms with Gasteiger partial charge in [0.15, 0.2) is 5.78 Å². The highest BCUT2D eigenvalue weighted by Gasteiger charge is 2.32. The molecule has 0 aromatic carbocycles. The van der Waals surface area contributed by atoms with E-state index in [0.29, 0.717) is 0 Å². The van der Waals surface area contributed by atoms with Crippen molar-refractivity contribution in [2.24, 2.45) is 0 Å². The fourth-order valence-electron chi connectivity index (χ4n) is 0.861. The van der Waals surface area contributed by atoms with Gasteiger partial charge in [0.2, 0.25) is 0 Å². The second-order valence-electron chi connectivity index (χ2n) is 2.87. The van der Waals surface area contributed by atoms with Crippen molar-refractivity contribution >= 4 is 5.78 Å². The molecule has 0 aliphatic carbocycles. The van der Waals surface area contributed by atoms with Gasteiger partial charge in [0.05, 0.1) is 6.61 Å². The average molecular weight is 209 g/mol. The molecule has 0 spiro atoms. The molecule has 84 valence electrons. The van der Waals surface area contributed by atoms with E-state index in [4.69, 9.17) is 16.7 Å². The first-order chi connectivity index (χ1) is 6.82. The normalized spacial score (nSPS) is 23.1. The molecule has 0 fully saturated rings. The molecular weight excluding hydrogens is 192 g/mol. The van der Waals surface area contributed by atoms with Crippen LogP contribution in [0, 0.1) is 0 Å². The van der Waals surface area contributed by atoms with E-state index in [1.807, 2.05) is 0 Å². The molecule has 0 amide bonds. The van der Waals surface area contributed by atoms with Gasteiger partial charge < -0.3 is 25.5 Å². The number of hydrogen-bond donors (Lipinski definition) is 5. The summed E-state index contributed by atoms with van der Waals surface area (Å²) in [6.45, 7) is 0.392. The van der Waals surface area contributed by atoms with E-state index in [-0.39, 0.29) is 0 Å². The quantitative estimate of drug-likeness (QED) is 0.327. The lowest BCUT2D eigenvalue weighted by molar-refractivity contribution is -0.146. The van der Waals surface area contributed by atoms with Crippen molar-refractivity contribution in [3.05, 3.63) is 0 Å². The standard InChI is InChI=1S/C8H16O6/c1-2-4(10)6(12)8(14)7(13)5(11)3-9/h5-9,11-14H,2-3H2,1H3/t5-,6+,7+,8-/m1/s1/i2D/t2?,5-,6+,7+,8-. The first-order valence-electron chi connectivity index (χ1n) is 4.69. The van der Waals surface area contributed by atoms with E-state index < -0.39 is 43.2 Å². The maximum atomic E-state index is 11.0. The number of carbonyl (C=O) groups excluding carboxylic acids is 1. The Bertz CT molecular complexity index is 209. The summed E-state index contributed by atoms with van der Waals surface area (Å²) < 4.78 is 6.99. The lowest BCUT2D eigenvalue weighted by Crippen LogP contribution is -2.48. The molecule has 0 aliphatic rings. The molecular formula is C8H16O6. The van der Waals surface area contributed by atoms with Gasteiger partial charge in [0.25, 0.3) is 0 Å². The highest BCUT2D eigenvalue weighted by molar-refractivity contribution is 5.83. The van der Waals surface area contributed by atoms with Crippen LogP contribution in [0.4, 0.5) is 0 Å². The molecule has 0 saturated heterocycles. The second-order valence-corrected chi connectivity index (χ2v) is 2.87. The van der Waals surface area contributed by atoms with Crippen LogP contribution in [0.25, 0.3) is 0 Å². The average Bonchev–Trinajstić information content (AvgIpc) is 2.23. The van der Waals surface area contributed by atoms with Crippen LogP contribution >= 0.6 is 0 Å². The molecule has 6 heteroatoms. The smallest absolute Gasteiger partial charge is 0.163 e. The Morgan fingerprint density at radius 1 is 1.29 bits per heavy atom. The van der Waals surface area contributed by atoms with Gasteiger partial charge in [-0.25, -0.2) is 0 Å². The van der Waals surface area contributed by atoms with Gasteiger partial charge >= 0.3 is 0 Å². The predicted molar refractivity (Wildman–Crippen MR) is 46.4 cm³/mol. The van der Waals surface area contributed by atoms with Crippen LogP contribution in [-0.2, 0) is 4.79 Å². The zero-order valence-corrected chi connectivity index (χ0v) is 7.74. The Morgan fingerprint density at radius 3 is 2.14 bits per heavy atom. The van der Waals surface area contributed by atoms with E-state index in [1.54, 1.807) is 0 Å². The summed E-state index contributed by atoms with van der Waals surface area (Å²) in [7, 11) is 0. The van der Waals surface area contributed by atoms with Crippen LogP contribution in [0.15, 0.2) is 0 Å². The third-order valence-electron chi connectivity index (χ3n) is 1.83. The van der Waals surface area contributed by atoms with E-state index >= 15 is 0 Å². The summed E-state index contributed by atoms with van der Waals surface area (Å²) in [4.78, 5) is 11.0. The van der Waals surface area contributed by atoms with Crippen LogP contribution in [0.2, 0.25) is 0 Å². The second kappa shape index (κ2) is 6.05. The van der Waals surface area contributed by atoms with E-state index in [2.05, 4.69) is 0 Å². The predicted octanol–water partition coefficient (Wildman–Crippen LogP) is -2.60. The number of aliphatic hydroxyl groups is 5.